The number of hydrogen-bond acceptors (Lipinski definition) is 6. The Kier molecular flexibility index (Phi) is 5.80. The average Bonchev–Trinajstić information content (AvgIpc) is 3.00. The molecule has 0 unspecified atom stereocenters. The van der Waals surface area contributed by atoms with E-state index in [1.54, 1.807) is 23.2 Å². The maximum absolute atomic E-state index is 12.1. The number of thiazole rings is 1. The van der Waals surface area contributed by atoms with Gasteiger partial charge >= 0.3 is 0 Å². The highest BCUT2D eigenvalue weighted by atomic mass is 32.2. The fourth-order valence-electron chi connectivity index (χ4n) is 1.65. The van der Waals surface area contributed by atoms with E-state index in [9.17, 15) is 8.42 Å². The van der Waals surface area contributed by atoms with Crippen LogP contribution in [0.25, 0.3) is 0 Å². The molecule has 0 saturated heterocycles. The summed E-state index contributed by atoms with van der Waals surface area (Å²) in [6.07, 6.45) is 2.64. The van der Waals surface area contributed by atoms with E-state index < -0.39 is 10.0 Å². The Balaban J connectivity index is 1.96. The normalized spacial score (nSPS) is 11.7. The van der Waals surface area contributed by atoms with Gasteiger partial charge in [-0.15, -0.1) is 11.3 Å². The first-order chi connectivity index (χ1) is 10.1. The lowest BCUT2D eigenvalue weighted by atomic mass is 10.3. The van der Waals surface area contributed by atoms with Crippen molar-refractivity contribution >= 4 is 21.4 Å². The van der Waals surface area contributed by atoms with Gasteiger partial charge in [-0.1, -0.05) is 13.0 Å². The van der Waals surface area contributed by atoms with Crippen LogP contribution in [-0.4, -0.2) is 24.9 Å². The molecule has 2 heterocycles. The lowest BCUT2D eigenvalue weighted by Gasteiger charge is -2.06. The van der Waals surface area contributed by atoms with Crippen LogP contribution >= 0.6 is 11.3 Å². The second-order valence-electron chi connectivity index (χ2n) is 4.49. The molecule has 114 valence electrons. The van der Waals surface area contributed by atoms with Crippen LogP contribution in [0.2, 0.25) is 0 Å². The molecule has 0 saturated carbocycles. The van der Waals surface area contributed by atoms with Gasteiger partial charge in [0, 0.05) is 18.1 Å². The smallest absolute Gasteiger partial charge is 0.258 e. The van der Waals surface area contributed by atoms with Crippen LogP contribution in [0.4, 0.5) is 0 Å². The van der Waals surface area contributed by atoms with E-state index in [-0.39, 0.29) is 11.6 Å². The molecule has 0 radical (unpaired) electrons. The first-order valence-electron chi connectivity index (χ1n) is 6.64. The molecule has 0 aliphatic rings. The van der Waals surface area contributed by atoms with E-state index in [0.717, 1.165) is 18.5 Å². The molecule has 0 atom stereocenters. The molecule has 0 fully saturated rings. The molecule has 0 amide bonds. The zero-order valence-corrected chi connectivity index (χ0v) is 13.4. The van der Waals surface area contributed by atoms with Gasteiger partial charge in [-0.05, 0) is 24.6 Å². The number of rotatable bonds is 8. The van der Waals surface area contributed by atoms with E-state index in [0.29, 0.717) is 12.2 Å². The maximum Gasteiger partial charge on any atom is 0.258 e. The molecular weight excluding hydrogens is 308 g/mol. The summed E-state index contributed by atoms with van der Waals surface area (Å²) < 4.78 is 26.7. The fraction of sp³-hybridized carbons (Fsp3) is 0.385. The molecule has 0 bridgehead atoms. The van der Waals surface area contributed by atoms with Crippen molar-refractivity contribution in [3.63, 3.8) is 0 Å². The van der Waals surface area contributed by atoms with Crippen LogP contribution in [0.5, 0.6) is 0 Å². The van der Waals surface area contributed by atoms with Gasteiger partial charge in [0.25, 0.3) is 10.0 Å². The lowest BCUT2D eigenvalue weighted by Crippen LogP contribution is -2.24. The lowest BCUT2D eigenvalue weighted by molar-refractivity contribution is 0.576. The Labute approximate surface area is 128 Å². The molecule has 0 aliphatic carbocycles. The highest BCUT2D eigenvalue weighted by molar-refractivity contribution is 7.89. The highest BCUT2D eigenvalue weighted by Gasteiger charge is 2.15. The molecule has 6 nitrogen and oxygen atoms in total. The molecule has 2 aromatic heterocycles. The van der Waals surface area contributed by atoms with Gasteiger partial charge in [0.15, 0.2) is 5.03 Å². The summed E-state index contributed by atoms with van der Waals surface area (Å²) in [6.45, 7) is 3.88. The number of aromatic nitrogens is 2. The third kappa shape index (κ3) is 4.85. The summed E-state index contributed by atoms with van der Waals surface area (Å²) in [5, 5.41) is 5.07. The number of nitrogens with zero attached hydrogens (tertiary/aromatic N) is 2. The van der Waals surface area contributed by atoms with Crippen LogP contribution in [0.3, 0.4) is 0 Å². The standard InChI is InChI=1S/C13H18N4O2S2/c1-2-5-14-6-11-3-4-13(15-7-11)21(18,19)17-8-12-9-20-10-16-12/h3-4,7,9-10,14,17H,2,5-6,8H2,1H3. The van der Waals surface area contributed by atoms with E-state index in [2.05, 4.69) is 26.9 Å². The summed E-state index contributed by atoms with van der Waals surface area (Å²) in [7, 11) is -3.60. The van der Waals surface area contributed by atoms with Gasteiger partial charge in [0.05, 0.1) is 17.7 Å². The number of nitrogens with one attached hydrogen (secondary N) is 2. The number of hydrogen-bond donors (Lipinski definition) is 2. The van der Waals surface area contributed by atoms with Crippen molar-refractivity contribution in [1.29, 1.82) is 0 Å². The molecule has 0 spiro atoms. The van der Waals surface area contributed by atoms with Gasteiger partial charge < -0.3 is 5.32 Å². The van der Waals surface area contributed by atoms with E-state index >= 15 is 0 Å². The summed E-state index contributed by atoms with van der Waals surface area (Å²) in [5.41, 5.74) is 3.32. The van der Waals surface area contributed by atoms with Crippen LogP contribution in [0, 0.1) is 0 Å². The monoisotopic (exact) mass is 326 g/mol. The minimum atomic E-state index is -3.60. The Morgan fingerprint density at radius 3 is 2.71 bits per heavy atom. The fourth-order valence-corrected chi connectivity index (χ4v) is 3.13. The number of sulfonamides is 1. The van der Waals surface area contributed by atoms with Crippen molar-refractivity contribution in [3.8, 4) is 0 Å². The topological polar surface area (TPSA) is 84.0 Å². The van der Waals surface area contributed by atoms with Gasteiger partial charge in [0.1, 0.15) is 0 Å². The summed E-state index contributed by atoms with van der Waals surface area (Å²) >= 11 is 1.43. The first kappa shape index (κ1) is 16.0. The highest BCUT2D eigenvalue weighted by Crippen LogP contribution is 2.08. The zero-order valence-electron chi connectivity index (χ0n) is 11.7. The zero-order chi connectivity index (χ0) is 15.1. The van der Waals surface area contributed by atoms with Gasteiger partial charge in [-0.25, -0.2) is 23.1 Å². The summed E-state index contributed by atoms with van der Waals surface area (Å²) in [6, 6.07) is 3.29. The Morgan fingerprint density at radius 2 is 2.10 bits per heavy atom. The second-order valence-corrected chi connectivity index (χ2v) is 6.92. The molecule has 2 aromatic rings. The van der Waals surface area contributed by atoms with Crippen LogP contribution in [-0.2, 0) is 23.1 Å². The Hall–Kier alpha value is -1.35. The quantitative estimate of drug-likeness (QED) is 0.719. The van der Waals surface area contributed by atoms with E-state index in [1.807, 2.05) is 0 Å². The molecule has 0 aliphatic heterocycles. The summed E-state index contributed by atoms with van der Waals surface area (Å²) in [5.74, 6) is 0. The summed E-state index contributed by atoms with van der Waals surface area (Å²) in [4.78, 5) is 8.05. The molecule has 8 heteroatoms. The van der Waals surface area contributed by atoms with Crippen LogP contribution < -0.4 is 10.0 Å². The Morgan fingerprint density at radius 1 is 1.24 bits per heavy atom. The van der Waals surface area contributed by atoms with E-state index in [4.69, 9.17) is 0 Å². The SMILES string of the molecule is CCCNCc1ccc(S(=O)(=O)NCc2cscn2)nc1. The predicted octanol–water partition coefficient (Wildman–Crippen LogP) is 1.52. The average molecular weight is 326 g/mol. The number of pyridine rings is 1. The maximum atomic E-state index is 12.1. The molecule has 2 N–H and O–H groups in total. The third-order valence-electron chi connectivity index (χ3n) is 2.76. The molecule has 0 aromatic carbocycles. The van der Waals surface area contributed by atoms with Crippen LogP contribution in [0.15, 0.2) is 34.2 Å². The first-order valence-corrected chi connectivity index (χ1v) is 9.07. The molecule has 2 rings (SSSR count). The van der Waals surface area contributed by atoms with Gasteiger partial charge in [0.2, 0.25) is 0 Å². The van der Waals surface area contributed by atoms with E-state index in [1.165, 1.54) is 17.4 Å². The Bertz CT molecular complexity index is 639. The minimum Gasteiger partial charge on any atom is -0.313 e. The molecular formula is C13H18N4O2S2. The molecule has 21 heavy (non-hydrogen) atoms. The minimum absolute atomic E-state index is 0.0250. The largest absolute Gasteiger partial charge is 0.313 e. The van der Waals surface area contributed by atoms with Crippen molar-refractivity contribution in [1.82, 2.24) is 20.0 Å². The van der Waals surface area contributed by atoms with Crippen molar-refractivity contribution in [3.05, 3.63) is 40.5 Å². The van der Waals surface area contributed by atoms with Crippen molar-refractivity contribution < 1.29 is 8.42 Å². The van der Waals surface area contributed by atoms with Crippen molar-refractivity contribution in [2.24, 2.45) is 0 Å². The third-order valence-corrected chi connectivity index (χ3v) is 4.71. The van der Waals surface area contributed by atoms with Gasteiger partial charge in [-0.3, -0.25) is 0 Å². The van der Waals surface area contributed by atoms with Crippen molar-refractivity contribution in [2.45, 2.75) is 31.5 Å². The van der Waals surface area contributed by atoms with Crippen molar-refractivity contribution in [2.75, 3.05) is 6.54 Å². The van der Waals surface area contributed by atoms with Gasteiger partial charge in [-0.2, -0.15) is 0 Å². The van der Waals surface area contributed by atoms with Crippen LogP contribution in [0.1, 0.15) is 24.6 Å². The second kappa shape index (κ2) is 7.60. The predicted molar refractivity (Wildman–Crippen MR) is 82.4 cm³/mol.